The molecule has 3 unspecified atom stereocenters. The van der Waals surface area contributed by atoms with Gasteiger partial charge in [-0.2, -0.15) is 0 Å². The van der Waals surface area contributed by atoms with E-state index in [-0.39, 0.29) is 23.4 Å². The molecular formula is C13H26N2O2. The summed E-state index contributed by atoms with van der Waals surface area (Å²) in [7, 11) is 0. The zero-order valence-electron chi connectivity index (χ0n) is 11.2. The molecular weight excluding hydrogens is 216 g/mol. The minimum Gasteiger partial charge on any atom is -0.391 e. The van der Waals surface area contributed by atoms with Crippen molar-refractivity contribution < 1.29 is 9.90 Å². The van der Waals surface area contributed by atoms with E-state index >= 15 is 0 Å². The molecule has 4 nitrogen and oxygen atoms in total. The second-order valence-corrected chi connectivity index (χ2v) is 6.20. The van der Waals surface area contributed by atoms with Gasteiger partial charge in [-0.05, 0) is 18.3 Å². The molecule has 1 fully saturated rings. The Kier molecular flexibility index (Phi) is 4.95. The smallest absolute Gasteiger partial charge is 0.221 e. The second kappa shape index (κ2) is 5.83. The summed E-state index contributed by atoms with van der Waals surface area (Å²) in [5, 5.41) is 12.7. The van der Waals surface area contributed by atoms with E-state index in [4.69, 9.17) is 5.73 Å². The summed E-state index contributed by atoms with van der Waals surface area (Å²) in [5.41, 5.74) is 5.90. The SMILES string of the molecule is CC(C)(C)C(N)CC(=O)NC1CCCCC1O. The molecule has 4 N–H and O–H groups in total. The van der Waals surface area contributed by atoms with Crippen LogP contribution in [0.1, 0.15) is 52.9 Å². The van der Waals surface area contributed by atoms with Crippen LogP contribution in [-0.2, 0) is 4.79 Å². The number of aliphatic hydroxyl groups is 1. The van der Waals surface area contributed by atoms with Gasteiger partial charge in [-0.1, -0.05) is 33.6 Å². The Morgan fingerprint density at radius 2 is 2.00 bits per heavy atom. The number of nitrogens with one attached hydrogen (secondary N) is 1. The first-order valence-electron chi connectivity index (χ1n) is 6.53. The number of nitrogens with two attached hydrogens (primary N) is 1. The molecule has 1 amide bonds. The van der Waals surface area contributed by atoms with E-state index in [0.717, 1.165) is 25.7 Å². The Morgan fingerprint density at radius 3 is 2.53 bits per heavy atom. The maximum Gasteiger partial charge on any atom is 0.221 e. The lowest BCUT2D eigenvalue weighted by atomic mass is 9.85. The number of rotatable bonds is 3. The highest BCUT2D eigenvalue weighted by atomic mass is 16.3. The van der Waals surface area contributed by atoms with Gasteiger partial charge in [-0.15, -0.1) is 0 Å². The number of hydrogen-bond donors (Lipinski definition) is 3. The molecule has 1 saturated carbocycles. The molecule has 0 heterocycles. The van der Waals surface area contributed by atoms with E-state index in [1.807, 2.05) is 20.8 Å². The summed E-state index contributed by atoms with van der Waals surface area (Å²) in [6, 6.07) is -0.230. The quantitative estimate of drug-likeness (QED) is 0.695. The minimum absolute atomic E-state index is 0.0432. The highest BCUT2D eigenvalue weighted by molar-refractivity contribution is 5.77. The number of aliphatic hydroxyl groups excluding tert-OH is 1. The summed E-state index contributed by atoms with van der Waals surface area (Å²) in [6.07, 6.45) is 3.72. The van der Waals surface area contributed by atoms with Gasteiger partial charge < -0.3 is 16.2 Å². The maximum atomic E-state index is 11.8. The summed E-state index contributed by atoms with van der Waals surface area (Å²) in [6.45, 7) is 6.08. The van der Waals surface area contributed by atoms with Gasteiger partial charge in [-0.3, -0.25) is 4.79 Å². The summed E-state index contributed by atoms with van der Waals surface area (Å²) >= 11 is 0. The summed E-state index contributed by atoms with van der Waals surface area (Å²) in [5.74, 6) is -0.0432. The van der Waals surface area contributed by atoms with Gasteiger partial charge in [-0.25, -0.2) is 0 Å². The van der Waals surface area contributed by atoms with Crippen molar-refractivity contribution >= 4 is 5.91 Å². The fourth-order valence-electron chi connectivity index (χ4n) is 2.05. The van der Waals surface area contributed by atoms with Crippen LogP contribution in [-0.4, -0.2) is 29.2 Å². The molecule has 0 aliphatic heterocycles. The first kappa shape index (κ1) is 14.5. The van der Waals surface area contributed by atoms with Crippen molar-refractivity contribution in [3.05, 3.63) is 0 Å². The van der Waals surface area contributed by atoms with E-state index in [1.165, 1.54) is 0 Å². The molecule has 1 rings (SSSR count). The predicted octanol–water partition coefficient (Wildman–Crippen LogP) is 1.17. The van der Waals surface area contributed by atoms with Crippen molar-refractivity contribution in [2.24, 2.45) is 11.1 Å². The first-order chi connectivity index (χ1) is 7.80. The third-order valence-electron chi connectivity index (χ3n) is 3.59. The Labute approximate surface area is 104 Å². The van der Waals surface area contributed by atoms with Gasteiger partial charge in [0.15, 0.2) is 0 Å². The second-order valence-electron chi connectivity index (χ2n) is 6.20. The zero-order chi connectivity index (χ0) is 13.1. The van der Waals surface area contributed by atoms with Crippen LogP contribution in [0.25, 0.3) is 0 Å². The summed E-state index contributed by atoms with van der Waals surface area (Å²) < 4.78 is 0. The lowest BCUT2D eigenvalue weighted by Crippen LogP contribution is -2.48. The third-order valence-corrected chi connectivity index (χ3v) is 3.59. The van der Waals surface area contributed by atoms with Crippen molar-refractivity contribution in [3.63, 3.8) is 0 Å². The van der Waals surface area contributed by atoms with Crippen molar-refractivity contribution in [3.8, 4) is 0 Å². The standard InChI is InChI=1S/C13H26N2O2/c1-13(2,3)11(14)8-12(17)15-9-6-4-5-7-10(9)16/h9-11,16H,4-8,14H2,1-3H3,(H,15,17). The van der Waals surface area contributed by atoms with Gasteiger partial charge in [0.05, 0.1) is 12.1 Å². The van der Waals surface area contributed by atoms with Gasteiger partial charge in [0.25, 0.3) is 0 Å². The molecule has 0 radical (unpaired) electrons. The third kappa shape index (κ3) is 4.64. The predicted molar refractivity (Wildman–Crippen MR) is 68.5 cm³/mol. The van der Waals surface area contributed by atoms with Gasteiger partial charge in [0.2, 0.25) is 5.91 Å². The molecule has 1 aliphatic rings. The van der Waals surface area contributed by atoms with Crippen LogP contribution in [0.2, 0.25) is 0 Å². The monoisotopic (exact) mass is 242 g/mol. The molecule has 1 aliphatic carbocycles. The van der Waals surface area contributed by atoms with Crippen LogP contribution >= 0.6 is 0 Å². The lowest BCUT2D eigenvalue weighted by molar-refractivity contribution is -0.123. The highest BCUT2D eigenvalue weighted by Gasteiger charge is 2.27. The molecule has 100 valence electrons. The average Bonchev–Trinajstić information content (AvgIpc) is 2.20. The maximum absolute atomic E-state index is 11.8. The molecule has 4 heteroatoms. The van der Waals surface area contributed by atoms with Crippen LogP contribution in [0.15, 0.2) is 0 Å². The van der Waals surface area contributed by atoms with Crippen molar-refractivity contribution in [2.75, 3.05) is 0 Å². The van der Waals surface area contributed by atoms with Crippen LogP contribution in [0.3, 0.4) is 0 Å². The van der Waals surface area contributed by atoms with E-state index in [1.54, 1.807) is 0 Å². The van der Waals surface area contributed by atoms with Crippen LogP contribution in [0.4, 0.5) is 0 Å². The Bertz CT molecular complexity index is 261. The first-order valence-corrected chi connectivity index (χ1v) is 6.53. The average molecular weight is 242 g/mol. The van der Waals surface area contributed by atoms with Crippen LogP contribution in [0.5, 0.6) is 0 Å². The highest BCUT2D eigenvalue weighted by Crippen LogP contribution is 2.21. The molecule has 0 aromatic heterocycles. The number of amides is 1. The molecule has 17 heavy (non-hydrogen) atoms. The summed E-state index contributed by atoms with van der Waals surface area (Å²) in [4.78, 5) is 11.8. The van der Waals surface area contributed by atoms with Crippen LogP contribution in [0, 0.1) is 5.41 Å². The fourth-order valence-corrected chi connectivity index (χ4v) is 2.05. The number of carbonyl (C=O) groups excluding carboxylic acids is 1. The Morgan fingerprint density at radius 1 is 1.41 bits per heavy atom. The zero-order valence-corrected chi connectivity index (χ0v) is 11.2. The normalized spacial score (nSPS) is 27.6. The van der Waals surface area contributed by atoms with E-state index < -0.39 is 6.10 Å². The van der Waals surface area contributed by atoms with Gasteiger partial charge >= 0.3 is 0 Å². The molecule has 0 aromatic rings. The molecule has 0 aromatic carbocycles. The van der Waals surface area contributed by atoms with Crippen molar-refractivity contribution in [1.29, 1.82) is 0 Å². The number of hydrogen-bond acceptors (Lipinski definition) is 3. The van der Waals surface area contributed by atoms with Crippen molar-refractivity contribution in [1.82, 2.24) is 5.32 Å². The van der Waals surface area contributed by atoms with Crippen molar-refractivity contribution in [2.45, 2.75) is 71.1 Å². The van der Waals surface area contributed by atoms with Crippen LogP contribution < -0.4 is 11.1 Å². The van der Waals surface area contributed by atoms with Gasteiger partial charge in [0.1, 0.15) is 0 Å². The largest absolute Gasteiger partial charge is 0.391 e. The van der Waals surface area contributed by atoms with Gasteiger partial charge in [0, 0.05) is 12.5 Å². The minimum atomic E-state index is -0.390. The topological polar surface area (TPSA) is 75.4 Å². The van der Waals surface area contributed by atoms with E-state index in [9.17, 15) is 9.90 Å². The molecule has 0 saturated heterocycles. The Balaban J connectivity index is 2.38. The molecule has 3 atom stereocenters. The van der Waals surface area contributed by atoms with E-state index in [2.05, 4.69) is 5.32 Å². The molecule has 0 spiro atoms. The molecule has 0 bridgehead atoms. The lowest BCUT2D eigenvalue weighted by Gasteiger charge is -2.30. The number of carbonyl (C=O) groups is 1. The van der Waals surface area contributed by atoms with E-state index in [0.29, 0.717) is 6.42 Å². The fraction of sp³-hybridized carbons (Fsp3) is 0.923. The Hall–Kier alpha value is -0.610.